The standard InChI is InChI=1S/C11H12O2.C9H10/c1-10(12)13-9-5-8-11-6-3-2-4-7-11;1-2-6-9-7-4-3-5-8-9/h2-8H,9H2,1H3;2-8H,1H3/b8-5+;6-2+. The Labute approximate surface area is 132 Å². The van der Waals surface area contributed by atoms with Gasteiger partial charge in [-0.3, -0.25) is 4.79 Å². The van der Waals surface area contributed by atoms with E-state index in [2.05, 4.69) is 18.2 Å². The molecule has 2 aromatic carbocycles. The fourth-order valence-corrected chi connectivity index (χ4v) is 1.67. The van der Waals surface area contributed by atoms with E-state index in [9.17, 15) is 4.79 Å². The lowest BCUT2D eigenvalue weighted by atomic mass is 10.2. The highest BCUT2D eigenvalue weighted by Gasteiger charge is 1.87. The number of rotatable bonds is 4. The van der Waals surface area contributed by atoms with Crippen LogP contribution in [-0.2, 0) is 9.53 Å². The molecule has 22 heavy (non-hydrogen) atoms. The summed E-state index contributed by atoms with van der Waals surface area (Å²) in [6.07, 6.45) is 7.86. The van der Waals surface area contributed by atoms with E-state index < -0.39 is 0 Å². The van der Waals surface area contributed by atoms with Gasteiger partial charge in [-0.25, -0.2) is 0 Å². The highest BCUT2D eigenvalue weighted by Crippen LogP contribution is 2.00. The van der Waals surface area contributed by atoms with E-state index >= 15 is 0 Å². The summed E-state index contributed by atoms with van der Waals surface area (Å²) in [6, 6.07) is 20.1. The van der Waals surface area contributed by atoms with Crippen LogP contribution < -0.4 is 0 Å². The van der Waals surface area contributed by atoms with Gasteiger partial charge in [0.2, 0.25) is 0 Å². The fourth-order valence-electron chi connectivity index (χ4n) is 1.67. The third kappa shape index (κ3) is 8.54. The minimum absolute atomic E-state index is 0.252. The minimum atomic E-state index is -0.252. The molecule has 2 heteroatoms. The maximum absolute atomic E-state index is 10.4. The van der Waals surface area contributed by atoms with Crippen LogP contribution in [0, 0.1) is 0 Å². The van der Waals surface area contributed by atoms with E-state index in [1.807, 2.05) is 73.7 Å². The van der Waals surface area contributed by atoms with Gasteiger partial charge in [-0.2, -0.15) is 0 Å². The minimum Gasteiger partial charge on any atom is -0.462 e. The van der Waals surface area contributed by atoms with Crippen molar-refractivity contribution < 1.29 is 9.53 Å². The first-order valence-corrected chi connectivity index (χ1v) is 7.25. The molecular weight excluding hydrogens is 272 g/mol. The molecule has 2 rings (SSSR count). The molecule has 0 aliphatic heterocycles. The molecule has 2 aromatic rings. The van der Waals surface area contributed by atoms with Gasteiger partial charge in [0.1, 0.15) is 6.61 Å². The lowest BCUT2D eigenvalue weighted by Gasteiger charge is -1.94. The van der Waals surface area contributed by atoms with Crippen LogP contribution in [0.2, 0.25) is 0 Å². The van der Waals surface area contributed by atoms with Crippen LogP contribution in [0.3, 0.4) is 0 Å². The SMILES string of the molecule is C/C=C/c1ccccc1.CC(=O)OC/C=C/c1ccccc1. The number of hydrogen-bond acceptors (Lipinski definition) is 2. The molecule has 0 unspecified atom stereocenters. The van der Waals surface area contributed by atoms with Crippen LogP contribution in [0.25, 0.3) is 12.2 Å². The quantitative estimate of drug-likeness (QED) is 0.743. The van der Waals surface area contributed by atoms with Crippen LogP contribution in [-0.4, -0.2) is 12.6 Å². The summed E-state index contributed by atoms with van der Waals surface area (Å²) < 4.78 is 4.74. The number of carbonyl (C=O) groups excluding carboxylic acids is 1. The fraction of sp³-hybridized carbons (Fsp3) is 0.150. The van der Waals surface area contributed by atoms with Crippen LogP contribution in [0.5, 0.6) is 0 Å². The molecule has 0 fully saturated rings. The van der Waals surface area contributed by atoms with E-state index in [4.69, 9.17) is 4.74 Å². The highest BCUT2D eigenvalue weighted by atomic mass is 16.5. The average Bonchev–Trinajstić information content (AvgIpc) is 2.54. The first kappa shape index (κ1) is 17.4. The van der Waals surface area contributed by atoms with Crippen LogP contribution in [0.15, 0.2) is 72.8 Å². The number of benzene rings is 2. The molecule has 0 saturated heterocycles. The summed E-state index contributed by atoms with van der Waals surface area (Å²) in [7, 11) is 0. The van der Waals surface area contributed by atoms with Crippen molar-refractivity contribution in [2.45, 2.75) is 13.8 Å². The maximum Gasteiger partial charge on any atom is 0.302 e. The zero-order chi connectivity index (χ0) is 16.0. The Morgan fingerprint density at radius 3 is 1.86 bits per heavy atom. The summed E-state index contributed by atoms with van der Waals surface area (Å²) in [5, 5.41) is 0. The first-order chi connectivity index (χ1) is 10.7. The van der Waals surface area contributed by atoms with Crippen LogP contribution >= 0.6 is 0 Å². The maximum atomic E-state index is 10.4. The lowest BCUT2D eigenvalue weighted by Crippen LogP contribution is -1.97. The van der Waals surface area contributed by atoms with Crippen molar-refractivity contribution in [2.24, 2.45) is 0 Å². The van der Waals surface area contributed by atoms with E-state index in [1.54, 1.807) is 0 Å². The van der Waals surface area contributed by atoms with Gasteiger partial charge in [0, 0.05) is 6.92 Å². The molecule has 0 aliphatic carbocycles. The first-order valence-electron chi connectivity index (χ1n) is 7.25. The third-order valence-electron chi connectivity index (χ3n) is 2.65. The number of carbonyl (C=O) groups is 1. The Hall–Kier alpha value is -2.61. The van der Waals surface area contributed by atoms with Crippen molar-refractivity contribution in [1.29, 1.82) is 0 Å². The van der Waals surface area contributed by atoms with Gasteiger partial charge in [0.15, 0.2) is 0 Å². The predicted molar refractivity (Wildman–Crippen MR) is 93.3 cm³/mol. The largest absolute Gasteiger partial charge is 0.462 e. The van der Waals surface area contributed by atoms with Crippen molar-refractivity contribution in [3.63, 3.8) is 0 Å². The summed E-state index contributed by atoms with van der Waals surface area (Å²) in [5.41, 5.74) is 2.37. The normalized spacial score (nSPS) is 10.3. The smallest absolute Gasteiger partial charge is 0.302 e. The van der Waals surface area contributed by atoms with E-state index in [0.717, 1.165) is 5.56 Å². The summed E-state index contributed by atoms with van der Waals surface area (Å²) in [5.74, 6) is -0.252. The van der Waals surface area contributed by atoms with Crippen molar-refractivity contribution >= 4 is 18.1 Å². The zero-order valence-corrected chi connectivity index (χ0v) is 13.1. The van der Waals surface area contributed by atoms with Crippen molar-refractivity contribution in [1.82, 2.24) is 0 Å². The second-order valence-corrected chi connectivity index (χ2v) is 4.53. The van der Waals surface area contributed by atoms with Crippen molar-refractivity contribution in [3.8, 4) is 0 Å². The number of hydrogen-bond donors (Lipinski definition) is 0. The summed E-state index contributed by atoms with van der Waals surface area (Å²) >= 11 is 0. The lowest BCUT2D eigenvalue weighted by molar-refractivity contribution is -0.139. The second-order valence-electron chi connectivity index (χ2n) is 4.53. The molecule has 0 aromatic heterocycles. The average molecular weight is 294 g/mol. The van der Waals surface area contributed by atoms with E-state index in [1.165, 1.54) is 12.5 Å². The molecule has 0 N–H and O–H groups in total. The van der Waals surface area contributed by atoms with Crippen molar-refractivity contribution in [3.05, 3.63) is 83.9 Å². The van der Waals surface area contributed by atoms with Gasteiger partial charge >= 0.3 is 5.97 Å². The second kappa shape index (κ2) is 11.1. The molecule has 2 nitrogen and oxygen atoms in total. The molecule has 0 radical (unpaired) electrons. The number of ether oxygens (including phenoxy) is 1. The molecule has 0 spiro atoms. The molecular formula is C20H22O2. The Bertz CT molecular complexity index is 584. The van der Waals surface area contributed by atoms with Crippen LogP contribution in [0.1, 0.15) is 25.0 Å². The number of esters is 1. The van der Waals surface area contributed by atoms with Gasteiger partial charge in [-0.05, 0) is 24.1 Å². The van der Waals surface area contributed by atoms with Gasteiger partial charge in [-0.1, -0.05) is 78.9 Å². The van der Waals surface area contributed by atoms with Gasteiger partial charge in [-0.15, -0.1) is 0 Å². The van der Waals surface area contributed by atoms with Gasteiger partial charge in [0.25, 0.3) is 0 Å². The molecule has 0 atom stereocenters. The molecule has 0 heterocycles. The van der Waals surface area contributed by atoms with E-state index in [0.29, 0.717) is 6.61 Å². The van der Waals surface area contributed by atoms with Gasteiger partial charge < -0.3 is 4.74 Å². The summed E-state index contributed by atoms with van der Waals surface area (Å²) in [6.45, 7) is 3.76. The Kier molecular flexibility index (Phi) is 8.79. The van der Waals surface area contributed by atoms with E-state index in [-0.39, 0.29) is 5.97 Å². The number of allylic oxidation sites excluding steroid dienone is 1. The molecule has 114 valence electrons. The van der Waals surface area contributed by atoms with Gasteiger partial charge in [0.05, 0.1) is 0 Å². The Balaban J connectivity index is 0.000000235. The van der Waals surface area contributed by atoms with Crippen LogP contribution in [0.4, 0.5) is 0 Å². The predicted octanol–water partition coefficient (Wildman–Crippen LogP) is 4.98. The molecule has 0 aliphatic rings. The molecule has 0 amide bonds. The monoisotopic (exact) mass is 294 g/mol. The highest BCUT2D eigenvalue weighted by molar-refractivity contribution is 5.66. The topological polar surface area (TPSA) is 26.3 Å². The Morgan fingerprint density at radius 1 is 0.909 bits per heavy atom. The summed E-state index contributed by atoms with van der Waals surface area (Å²) in [4.78, 5) is 10.4. The third-order valence-corrected chi connectivity index (χ3v) is 2.65. The molecule has 0 saturated carbocycles. The Morgan fingerprint density at radius 2 is 1.41 bits per heavy atom. The zero-order valence-electron chi connectivity index (χ0n) is 13.1. The molecule has 0 bridgehead atoms. The van der Waals surface area contributed by atoms with Crippen molar-refractivity contribution in [2.75, 3.05) is 6.61 Å².